The predicted molar refractivity (Wildman–Crippen MR) is 69.8 cm³/mol. The molecular formula is C12H21N5. The van der Waals surface area contributed by atoms with E-state index in [0.717, 1.165) is 18.2 Å². The van der Waals surface area contributed by atoms with Gasteiger partial charge in [-0.15, -0.1) is 0 Å². The number of hydrazine groups is 1. The zero-order valence-corrected chi connectivity index (χ0v) is 10.7. The fourth-order valence-electron chi connectivity index (χ4n) is 1.58. The van der Waals surface area contributed by atoms with Crippen LogP contribution in [-0.2, 0) is 0 Å². The molecule has 1 aromatic heterocycles. The molecule has 0 saturated heterocycles. The molecular weight excluding hydrogens is 214 g/mol. The molecule has 1 saturated carbocycles. The van der Waals surface area contributed by atoms with Crippen molar-refractivity contribution in [3.63, 3.8) is 0 Å². The van der Waals surface area contributed by atoms with Crippen LogP contribution in [0, 0.1) is 5.41 Å². The molecule has 0 spiro atoms. The first kappa shape index (κ1) is 12.1. The summed E-state index contributed by atoms with van der Waals surface area (Å²) in [7, 11) is 0. The average Bonchev–Trinajstić information content (AvgIpc) is 3.05. The van der Waals surface area contributed by atoms with Gasteiger partial charge in [-0.05, 0) is 18.3 Å². The second-order valence-electron chi connectivity index (χ2n) is 5.46. The van der Waals surface area contributed by atoms with Gasteiger partial charge in [0.15, 0.2) is 0 Å². The van der Waals surface area contributed by atoms with Crippen LogP contribution < -0.4 is 16.6 Å². The maximum absolute atomic E-state index is 5.41. The molecule has 1 aliphatic carbocycles. The number of nitrogens with zero attached hydrogens (tertiary/aromatic N) is 2. The number of nitrogen functional groups attached to an aromatic ring is 1. The van der Waals surface area contributed by atoms with Gasteiger partial charge < -0.3 is 10.7 Å². The molecule has 0 aliphatic heterocycles. The van der Waals surface area contributed by atoms with Crippen molar-refractivity contribution in [1.82, 2.24) is 9.97 Å². The maximum atomic E-state index is 5.41. The molecule has 0 amide bonds. The molecule has 2 rings (SSSR count). The highest BCUT2D eigenvalue weighted by Gasteiger charge is 2.36. The second kappa shape index (κ2) is 4.49. The van der Waals surface area contributed by atoms with Gasteiger partial charge in [-0.3, -0.25) is 0 Å². The number of aromatic nitrogens is 2. The molecule has 5 heteroatoms. The van der Waals surface area contributed by atoms with Crippen molar-refractivity contribution in [3.8, 4) is 0 Å². The van der Waals surface area contributed by atoms with Crippen molar-refractivity contribution in [2.75, 3.05) is 17.3 Å². The summed E-state index contributed by atoms with van der Waals surface area (Å²) in [6.07, 6.45) is 2.59. The topological polar surface area (TPSA) is 75.9 Å². The van der Waals surface area contributed by atoms with E-state index in [4.69, 9.17) is 5.84 Å². The third-order valence-corrected chi connectivity index (χ3v) is 3.21. The van der Waals surface area contributed by atoms with Crippen molar-refractivity contribution >= 4 is 11.6 Å². The molecule has 1 heterocycles. The van der Waals surface area contributed by atoms with Crippen molar-refractivity contribution < 1.29 is 0 Å². The lowest BCUT2D eigenvalue weighted by atomic mass is 10.1. The Balaban J connectivity index is 2.11. The van der Waals surface area contributed by atoms with Gasteiger partial charge in [0.25, 0.3) is 0 Å². The Bertz CT molecular complexity index is 398. The van der Waals surface area contributed by atoms with E-state index in [-0.39, 0.29) is 0 Å². The standard InChI is InChI=1S/C12H21N5/c1-8(2)11-15-9(6-10(16-11)17-13)14-7-12(3)4-5-12/h6,8H,4-5,7,13H2,1-3H3,(H2,14,15,16,17). The molecule has 1 fully saturated rings. The number of hydrogen-bond acceptors (Lipinski definition) is 5. The van der Waals surface area contributed by atoms with E-state index in [1.165, 1.54) is 12.8 Å². The highest BCUT2D eigenvalue weighted by molar-refractivity contribution is 5.47. The summed E-state index contributed by atoms with van der Waals surface area (Å²) < 4.78 is 0. The first-order valence-electron chi connectivity index (χ1n) is 6.12. The molecule has 0 bridgehead atoms. The van der Waals surface area contributed by atoms with Gasteiger partial charge in [0.05, 0.1) is 0 Å². The second-order valence-corrected chi connectivity index (χ2v) is 5.46. The van der Waals surface area contributed by atoms with E-state index in [1.54, 1.807) is 0 Å². The molecule has 4 N–H and O–H groups in total. The van der Waals surface area contributed by atoms with Crippen LogP contribution in [-0.4, -0.2) is 16.5 Å². The normalized spacial score (nSPS) is 17.0. The van der Waals surface area contributed by atoms with Crippen LogP contribution in [0.2, 0.25) is 0 Å². The fraction of sp³-hybridized carbons (Fsp3) is 0.667. The lowest BCUT2D eigenvalue weighted by Crippen LogP contribution is -2.16. The summed E-state index contributed by atoms with van der Waals surface area (Å²) in [6.45, 7) is 7.39. The van der Waals surface area contributed by atoms with Crippen molar-refractivity contribution in [2.24, 2.45) is 11.3 Å². The Morgan fingerprint density at radius 3 is 2.53 bits per heavy atom. The van der Waals surface area contributed by atoms with Crippen LogP contribution in [0.25, 0.3) is 0 Å². The summed E-state index contributed by atoms with van der Waals surface area (Å²) in [5, 5.41) is 3.37. The number of nitrogens with two attached hydrogens (primary N) is 1. The molecule has 0 atom stereocenters. The molecule has 17 heavy (non-hydrogen) atoms. The average molecular weight is 235 g/mol. The zero-order valence-electron chi connectivity index (χ0n) is 10.7. The van der Waals surface area contributed by atoms with Crippen LogP contribution >= 0.6 is 0 Å². The zero-order chi connectivity index (χ0) is 12.5. The quantitative estimate of drug-likeness (QED) is 0.538. The highest BCUT2D eigenvalue weighted by Crippen LogP contribution is 2.44. The number of rotatable bonds is 5. The molecule has 0 aromatic carbocycles. The van der Waals surface area contributed by atoms with E-state index >= 15 is 0 Å². The molecule has 5 nitrogen and oxygen atoms in total. The van der Waals surface area contributed by atoms with E-state index < -0.39 is 0 Å². The van der Waals surface area contributed by atoms with E-state index in [1.807, 2.05) is 6.07 Å². The van der Waals surface area contributed by atoms with Crippen LogP contribution in [0.15, 0.2) is 6.07 Å². The van der Waals surface area contributed by atoms with Crippen molar-refractivity contribution in [2.45, 2.75) is 39.5 Å². The van der Waals surface area contributed by atoms with Crippen molar-refractivity contribution in [3.05, 3.63) is 11.9 Å². The smallest absolute Gasteiger partial charge is 0.145 e. The van der Waals surface area contributed by atoms with Crippen LogP contribution in [0.4, 0.5) is 11.6 Å². The molecule has 1 aliphatic rings. The van der Waals surface area contributed by atoms with E-state index in [9.17, 15) is 0 Å². The predicted octanol–water partition coefficient (Wildman–Crippen LogP) is 2.10. The van der Waals surface area contributed by atoms with Gasteiger partial charge in [0.1, 0.15) is 17.5 Å². The lowest BCUT2D eigenvalue weighted by molar-refractivity contribution is 0.608. The highest BCUT2D eigenvalue weighted by atomic mass is 15.3. The van der Waals surface area contributed by atoms with E-state index in [2.05, 4.69) is 41.5 Å². The Hall–Kier alpha value is -1.36. The minimum atomic E-state index is 0.292. The summed E-state index contributed by atoms with van der Waals surface area (Å²) in [5.41, 5.74) is 3.04. The maximum Gasteiger partial charge on any atom is 0.145 e. The lowest BCUT2D eigenvalue weighted by Gasteiger charge is -2.13. The summed E-state index contributed by atoms with van der Waals surface area (Å²) in [6, 6.07) is 1.84. The molecule has 94 valence electrons. The van der Waals surface area contributed by atoms with Gasteiger partial charge in [-0.1, -0.05) is 20.8 Å². The van der Waals surface area contributed by atoms with Gasteiger partial charge in [0.2, 0.25) is 0 Å². The number of nitrogens with one attached hydrogen (secondary N) is 2. The Morgan fingerprint density at radius 1 is 1.35 bits per heavy atom. The van der Waals surface area contributed by atoms with Crippen LogP contribution in [0.1, 0.15) is 45.4 Å². The fourth-order valence-corrected chi connectivity index (χ4v) is 1.58. The minimum Gasteiger partial charge on any atom is -0.369 e. The molecule has 0 unspecified atom stereocenters. The number of hydrogen-bond donors (Lipinski definition) is 3. The van der Waals surface area contributed by atoms with Crippen LogP contribution in [0.3, 0.4) is 0 Å². The van der Waals surface area contributed by atoms with Gasteiger partial charge in [0, 0.05) is 18.5 Å². The SMILES string of the molecule is CC(C)c1nc(NN)cc(NCC2(C)CC2)n1. The van der Waals surface area contributed by atoms with E-state index in [0.29, 0.717) is 17.2 Å². The van der Waals surface area contributed by atoms with Crippen LogP contribution in [0.5, 0.6) is 0 Å². The molecule has 1 aromatic rings. The monoisotopic (exact) mass is 235 g/mol. The number of anilines is 2. The summed E-state index contributed by atoms with van der Waals surface area (Å²) in [5.74, 6) is 8.03. The Kier molecular flexibility index (Phi) is 3.19. The van der Waals surface area contributed by atoms with Gasteiger partial charge in [-0.25, -0.2) is 15.8 Å². The summed E-state index contributed by atoms with van der Waals surface area (Å²) in [4.78, 5) is 8.82. The largest absolute Gasteiger partial charge is 0.369 e. The summed E-state index contributed by atoms with van der Waals surface area (Å²) >= 11 is 0. The third-order valence-electron chi connectivity index (χ3n) is 3.21. The Labute approximate surface area is 102 Å². The van der Waals surface area contributed by atoms with Gasteiger partial charge >= 0.3 is 0 Å². The minimum absolute atomic E-state index is 0.292. The molecule has 0 radical (unpaired) electrons. The van der Waals surface area contributed by atoms with Gasteiger partial charge in [-0.2, -0.15) is 0 Å². The third kappa shape index (κ3) is 3.06. The first-order chi connectivity index (χ1) is 8.02. The van der Waals surface area contributed by atoms with Crippen molar-refractivity contribution in [1.29, 1.82) is 0 Å². The first-order valence-corrected chi connectivity index (χ1v) is 6.12. The Morgan fingerprint density at radius 2 is 2.00 bits per heavy atom.